The maximum absolute atomic E-state index is 12.6. The van der Waals surface area contributed by atoms with Gasteiger partial charge in [-0.25, -0.2) is 13.1 Å². The Morgan fingerprint density at radius 3 is 2.81 bits per heavy atom. The Hall–Kier alpha value is -1.27. The normalized spacial score (nSPS) is 23.0. The van der Waals surface area contributed by atoms with Crippen LogP contribution in [0, 0.1) is 5.92 Å². The third-order valence-corrected chi connectivity index (χ3v) is 5.36. The van der Waals surface area contributed by atoms with Crippen LogP contribution in [0.15, 0.2) is 23.1 Å². The molecule has 0 aromatic heterocycles. The van der Waals surface area contributed by atoms with Gasteiger partial charge in [0, 0.05) is 11.7 Å². The van der Waals surface area contributed by atoms with Crippen molar-refractivity contribution in [3.8, 4) is 5.75 Å². The van der Waals surface area contributed by atoms with Gasteiger partial charge in [0.25, 0.3) is 0 Å². The van der Waals surface area contributed by atoms with Crippen LogP contribution in [0.3, 0.4) is 0 Å². The molecule has 2 atom stereocenters. The van der Waals surface area contributed by atoms with E-state index in [1.54, 1.807) is 12.1 Å². The molecule has 1 aromatic carbocycles. The van der Waals surface area contributed by atoms with E-state index in [1.165, 1.54) is 12.5 Å². The number of anilines is 1. The predicted molar refractivity (Wildman–Crippen MR) is 83.8 cm³/mol. The minimum atomic E-state index is -3.61. The summed E-state index contributed by atoms with van der Waals surface area (Å²) >= 11 is 0. The van der Waals surface area contributed by atoms with E-state index in [9.17, 15) is 8.42 Å². The second kappa shape index (κ2) is 6.66. The first kappa shape index (κ1) is 16.1. The van der Waals surface area contributed by atoms with Crippen molar-refractivity contribution >= 4 is 15.7 Å². The summed E-state index contributed by atoms with van der Waals surface area (Å²) < 4.78 is 33.4. The van der Waals surface area contributed by atoms with Gasteiger partial charge in [-0.15, -0.1) is 0 Å². The Bertz CT molecular complexity index is 587. The number of nitrogens with one attached hydrogen (secondary N) is 1. The van der Waals surface area contributed by atoms with Crippen LogP contribution in [0.4, 0.5) is 5.69 Å². The highest BCUT2D eigenvalue weighted by Gasteiger charge is 2.27. The number of sulfonamides is 1. The molecule has 0 spiro atoms. The molecule has 1 fully saturated rings. The molecule has 0 saturated heterocycles. The lowest BCUT2D eigenvalue weighted by molar-refractivity contribution is 0.323. The largest absolute Gasteiger partial charge is 0.492 e. The summed E-state index contributed by atoms with van der Waals surface area (Å²) in [5.41, 5.74) is 6.14. The summed E-state index contributed by atoms with van der Waals surface area (Å²) in [5.74, 6) is 0.904. The topological polar surface area (TPSA) is 81.4 Å². The highest BCUT2D eigenvalue weighted by atomic mass is 32.2. The van der Waals surface area contributed by atoms with Crippen molar-refractivity contribution in [3.05, 3.63) is 18.2 Å². The third kappa shape index (κ3) is 4.11. The van der Waals surface area contributed by atoms with E-state index in [2.05, 4.69) is 11.6 Å². The van der Waals surface area contributed by atoms with Crippen LogP contribution in [-0.2, 0) is 10.0 Å². The van der Waals surface area contributed by atoms with Gasteiger partial charge in [0.05, 0.1) is 6.61 Å². The summed E-state index contributed by atoms with van der Waals surface area (Å²) in [7, 11) is -3.61. The van der Waals surface area contributed by atoms with Gasteiger partial charge in [0.1, 0.15) is 10.6 Å². The number of benzene rings is 1. The molecule has 0 radical (unpaired) electrons. The average Bonchev–Trinajstić information content (AvgIpc) is 2.40. The standard InChI is InChI=1S/C15H24N2O3S/c1-3-20-14-8-7-12(16)10-15(14)21(18,19)17-13-6-4-5-11(2)9-13/h7-8,10-11,13,17H,3-6,9,16H2,1-2H3. The maximum atomic E-state index is 12.6. The van der Waals surface area contributed by atoms with E-state index in [1.807, 2.05) is 6.92 Å². The molecule has 0 bridgehead atoms. The van der Waals surface area contributed by atoms with Crippen molar-refractivity contribution in [3.63, 3.8) is 0 Å². The van der Waals surface area contributed by atoms with E-state index < -0.39 is 10.0 Å². The van der Waals surface area contributed by atoms with E-state index in [0.29, 0.717) is 24.0 Å². The van der Waals surface area contributed by atoms with E-state index >= 15 is 0 Å². The van der Waals surface area contributed by atoms with Crippen molar-refractivity contribution in [2.45, 2.75) is 50.5 Å². The summed E-state index contributed by atoms with van der Waals surface area (Å²) in [6, 6.07) is 4.71. The second-order valence-electron chi connectivity index (χ2n) is 5.73. The summed E-state index contributed by atoms with van der Waals surface area (Å²) in [6.45, 7) is 4.39. The molecule has 1 aromatic rings. The van der Waals surface area contributed by atoms with Crippen molar-refractivity contribution in [2.75, 3.05) is 12.3 Å². The molecule has 0 amide bonds. The zero-order valence-corrected chi connectivity index (χ0v) is 13.4. The maximum Gasteiger partial charge on any atom is 0.244 e. The van der Waals surface area contributed by atoms with Crippen LogP contribution in [0.1, 0.15) is 39.5 Å². The Kier molecular flexibility index (Phi) is 5.11. The van der Waals surface area contributed by atoms with Gasteiger partial charge in [0.15, 0.2) is 0 Å². The van der Waals surface area contributed by atoms with Crippen molar-refractivity contribution in [1.82, 2.24) is 4.72 Å². The zero-order chi connectivity index (χ0) is 15.5. The van der Waals surface area contributed by atoms with Crippen LogP contribution < -0.4 is 15.2 Å². The third-order valence-electron chi connectivity index (χ3n) is 3.82. The number of ether oxygens (including phenoxy) is 1. The smallest absolute Gasteiger partial charge is 0.244 e. The quantitative estimate of drug-likeness (QED) is 0.819. The average molecular weight is 312 g/mol. The fourth-order valence-corrected chi connectivity index (χ4v) is 4.30. The Balaban J connectivity index is 2.24. The minimum absolute atomic E-state index is 0.00495. The van der Waals surface area contributed by atoms with Crippen LogP contribution in [0.25, 0.3) is 0 Å². The van der Waals surface area contributed by atoms with Crippen molar-refractivity contribution in [1.29, 1.82) is 0 Å². The highest BCUT2D eigenvalue weighted by Crippen LogP contribution is 2.29. The van der Waals surface area contributed by atoms with Gasteiger partial charge in [0.2, 0.25) is 10.0 Å². The summed E-state index contributed by atoms with van der Waals surface area (Å²) in [6.07, 6.45) is 3.99. The second-order valence-corrected chi connectivity index (χ2v) is 7.41. The minimum Gasteiger partial charge on any atom is -0.492 e. The number of hydrogen-bond donors (Lipinski definition) is 2. The summed E-state index contributed by atoms with van der Waals surface area (Å²) in [4.78, 5) is 0.127. The molecule has 2 unspecified atom stereocenters. The molecule has 1 saturated carbocycles. The van der Waals surface area contributed by atoms with E-state index in [0.717, 1.165) is 19.3 Å². The lowest BCUT2D eigenvalue weighted by Crippen LogP contribution is -2.38. The molecule has 0 aliphatic heterocycles. The molecule has 1 aliphatic carbocycles. The molecular formula is C15H24N2O3S. The number of nitrogen functional groups attached to an aromatic ring is 1. The number of rotatable bonds is 5. The van der Waals surface area contributed by atoms with Gasteiger partial charge in [-0.2, -0.15) is 0 Å². The van der Waals surface area contributed by atoms with Crippen LogP contribution in [0.5, 0.6) is 5.75 Å². The fraction of sp³-hybridized carbons (Fsp3) is 0.600. The van der Waals surface area contributed by atoms with Gasteiger partial charge < -0.3 is 10.5 Å². The Morgan fingerprint density at radius 2 is 2.14 bits per heavy atom. The summed E-state index contributed by atoms with van der Waals surface area (Å²) in [5, 5.41) is 0. The monoisotopic (exact) mass is 312 g/mol. The molecule has 118 valence electrons. The lowest BCUT2D eigenvalue weighted by Gasteiger charge is -2.27. The highest BCUT2D eigenvalue weighted by molar-refractivity contribution is 7.89. The van der Waals surface area contributed by atoms with Crippen molar-refractivity contribution in [2.24, 2.45) is 5.92 Å². The zero-order valence-electron chi connectivity index (χ0n) is 12.6. The molecule has 0 heterocycles. The van der Waals surface area contributed by atoms with Gasteiger partial charge in [-0.1, -0.05) is 19.8 Å². The fourth-order valence-electron chi connectivity index (χ4n) is 2.83. The molecule has 1 aliphatic rings. The van der Waals surface area contributed by atoms with E-state index in [4.69, 9.17) is 10.5 Å². The molecule has 21 heavy (non-hydrogen) atoms. The molecule has 3 N–H and O–H groups in total. The SMILES string of the molecule is CCOc1ccc(N)cc1S(=O)(=O)NC1CCCC(C)C1. The van der Waals surface area contributed by atoms with E-state index in [-0.39, 0.29) is 10.9 Å². The Morgan fingerprint density at radius 1 is 1.38 bits per heavy atom. The van der Waals surface area contributed by atoms with Crippen LogP contribution >= 0.6 is 0 Å². The van der Waals surface area contributed by atoms with Gasteiger partial charge >= 0.3 is 0 Å². The van der Waals surface area contributed by atoms with Gasteiger partial charge in [-0.05, 0) is 43.9 Å². The van der Waals surface area contributed by atoms with Crippen molar-refractivity contribution < 1.29 is 13.2 Å². The number of nitrogens with two attached hydrogens (primary N) is 1. The molecule has 6 heteroatoms. The Labute approximate surface area is 126 Å². The lowest BCUT2D eigenvalue weighted by atomic mass is 9.88. The van der Waals surface area contributed by atoms with Crippen LogP contribution in [-0.4, -0.2) is 21.1 Å². The molecule has 2 rings (SSSR count). The first-order valence-electron chi connectivity index (χ1n) is 7.47. The predicted octanol–water partition coefficient (Wildman–Crippen LogP) is 2.52. The first-order valence-corrected chi connectivity index (χ1v) is 8.95. The molecular weight excluding hydrogens is 288 g/mol. The van der Waals surface area contributed by atoms with Gasteiger partial charge in [-0.3, -0.25) is 0 Å². The first-order chi connectivity index (χ1) is 9.92. The number of hydrogen-bond acceptors (Lipinski definition) is 4. The molecule has 5 nitrogen and oxygen atoms in total. The van der Waals surface area contributed by atoms with Crippen LogP contribution in [0.2, 0.25) is 0 Å².